The number of esters is 1. The molecule has 8 nitrogen and oxygen atoms in total. The SMILES string of the molecule is CNc1ccc(C(=O)N(C)CC2(c3ccccc3)CCCC2)cc1S(=O)(=O)NCC(=O)OC. The monoisotopic (exact) mass is 473 g/mol. The molecule has 2 N–H and O–H groups in total. The van der Waals surface area contributed by atoms with Crippen LogP contribution in [-0.4, -0.2) is 59.5 Å². The Balaban J connectivity index is 1.86. The fourth-order valence-corrected chi connectivity index (χ4v) is 5.72. The van der Waals surface area contributed by atoms with Crippen molar-refractivity contribution in [2.24, 2.45) is 0 Å². The van der Waals surface area contributed by atoms with Crippen molar-refractivity contribution in [3.8, 4) is 0 Å². The smallest absolute Gasteiger partial charge is 0.320 e. The fraction of sp³-hybridized carbons (Fsp3) is 0.417. The number of anilines is 1. The number of methoxy groups -OCH3 is 1. The molecule has 2 aromatic rings. The van der Waals surface area contributed by atoms with Crippen LogP contribution in [0.15, 0.2) is 53.4 Å². The van der Waals surface area contributed by atoms with Gasteiger partial charge in [0.1, 0.15) is 11.4 Å². The summed E-state index contributed by atoms with van der Waals surface area (Å²) in [4.78, 5) is 26.3. The summed E-state index contributed by atoms with van der Waals surface area (Å²) < 4.78 is 32.3. The highest BCUT2D eigenvalue weighted by Crippen LogP contribution is 2.41. The second-order valence-corrected chi connectivity index (χ2v) is 10.1. The number of nitrogens with zero attached hydrogens (tertiary/aromatic N) is 1. The molecule has 33 heavy (non-hydrogen) atoms. The van der Waals surface area contributed by atoms with Gasteiger partial charge in [-0.3, -0.25) is 9.59 Å². The van der Waals surface area contributed by atoms with Crippen molar-refractivity contribution in [3.63, 3.8) is 0 Å². The molecule has 1 aliphatic rings. The molecular weight excluding hydrogens is 442 g/mol. The lowest BCUT2D eigenvalue weighted by atomic mass is 9.78. The molecule has 0 aromatic heterocycles. The molecule has 1 saturated carbocycles. The first kappa shape index (κ1) is 24.7. The van der Waals surface area contributed by atoms with Crippen molar-refractivity contribution in [2.45, 2.75) is 36.0 Å². The molecule has 0 aliphatic heterocycles. The number of nitrogens with one attached hydrogen (secondary N) is 2. The van der Waals surface area contributed by atoms with Gasteiger partial charge < -0.3 is 15.0 Å². The van der Waals surface area contributed by atoms with E-state index in [0.717, 1.165) is 25.7 Å². The lowest BCUT2D eigenvalue weighted by molar-refractivity contribution is -0.139. The Bertz CT molecular complexity index is 1100. The minimum atomic E-state index is -4.05. The van der Waals surface area contributed by atoms with E-state index in [1.54, 1.807) is 31.1 Å². The van der Waals surface area contributed by atoms with Crippen LogP contribution in [0.2, 0.25) is 0 Å². The normalized spacial score (nSPS) is 15.1. The van der Waals surface area contributed by atoms with E-state index in [2.05, 4.69) is 26.9 Å². The maximum Gasteiger partial charge on any atom is 0.320 e. The highest BCUT2D eigenvalue weighted by atomic mass is 32.2. The van der Waals surface area contributed by atoms with Crippen LogP contribution in [0, 0.1) is 0 Å². The predicted molar refractivity (Wildman–Crippen MR) is 127 cm³/mol. The number of hydrogen-bond donors (Lipinski definition) is 2. The first-order chi connectivity index (χ1) is 15.7. The number of carbonyl (C=O) groups is 2. The zero-order chi connectivity index (χ0) is 24.1. The number of hydrogen-bond acceptors (Lipinski definition) is 6. The van der Waals surface area contributed by atoms with Gasteiger partial charge in [-0.05, 0) is 36.6 Å². The summed E-state index contributed by atoms with van der Waals surface area (Å²) in [6.45, 7) is 0.0476. The highest BCUT2D eigenvalue weighted by Gasteiger charge is 2.37. The molecule has 0 saturated heterocycles. The van der Waals surface area contributed by atoms with Crippen LogP contribution < -0.4 is 10.0 Å². The number of benzene rings is 2. The van der Waals surface area contributed by atoms with Crippen LogP contribution in [-0.2, 0) is 25.0 Å². The van der Waals surface area contributed by atoms with E-state index in [0.29, 0.717) is 12.2 Å². The number of ether oxygens (including phenoxy) is 1. The van der Waals surface area contributed by atoms with Gasteiger partial charge in [-0.2, -0.15) is 4.72 Å². The van der Waals surface area contributed by atoms with Crippen molar-refractivity contribution >= 4 is 27.6 Å². The molecule has 0 unspecified atom stereocenters. The molecule has 0 spiro atoms. The quantitative estimate of drug-likeness (QED) is 0.543. The lowest BCUT2D eigenvalue weighted by Crippen LogP contribution is -2.40. The molecule has 3 rings (SSSR count). The standard InChI is InChI=1S/C24H31N3O5S/c1-25-20-12-11-18(15-21(20)33(30,31)26-16-22(28)32-3)23(29)27(2)17-24(13-7-8-14-24)19-9-5-4-6-10-19/h4-6,9-12,15,25-26H,7-8,13-14,16-17H2,1-3H3. The van der Waals surface area contributed by atoms with E-state index in [9.17, 15) is 18.0 Å². The topological polar surface area (TPSA) is 105 Å². The number of carbonyl (C=O) groups excluding carboxylic acids is 2. The summed E-state index contributed by atoms with van der Waals surface area (Å²) in [5, 5.41) is 2.82. The summed E-state index contributed by atoms with van der Waals surface area (Å²) >= 11 is 0. The molecule has 2 aromatic carbocycles. The molecule has 0 radical (unpaired) electrons. The van der Waals surface area contributed by atoms with Crippen LogP contribution in [0.25, 0.3) is 0 Å². The Hall–Kier alpha value is -2.91. The van der Waals surface area contributed by atoms with Crippen LogP contribution in [0.3, 0.4) is 0 Å². The zero-order valence-electron chi connectivity index (χ0n) is 19.3. The fourth-order valence-electron chi connectivity index (χ4n) is 4.52. The third-order valence-electron chi connectivity index (χ3n) is 6.25. The molecule has 9 heteroatoms. The van der Waals surface area contributed by atoms with E-state index >= 15 is 0 Å². The molecule has 178 valence electrons. The molecular formula is C24H31N3O5S. The molecule has 0 atom stereocenters. The van der Waals surface area contributed by atoms with Crippen LogP contribution in [0.5, 0.6) is 0 Å². The molecule has 0 bridgehead atoms. The summed E-state index contributed by atoms with van der Waals surface area (Å²) in [5.74, 6) is -0.969. The van der Waals surface area contributed by atoms with Crippen molar-refractivity contribution < 1.29 is 22.7 Å². The maximum atomic E-state index is 13.3. The first-order valence-electron chi connectivity index (χ1n) is 10.9. The molecule has 1 aliphatic carbocycles. The van der Waals surface area contributed by atoms with Crippen molar-refractivity contribution in [3.05, 3.63) is 59.7 Å². The third kappa shape index (κ3) is 5.54. The summed E-state index contributed by atoms with van der Waals surface area (Å²) in [5.41, 5.74) is 1.70. The van der Waals surface area contributed by atoms with Crippen molar-refractivity contribution in [2.75, 3.05) is 39.6 Å². The van der Waals surface area contributed by atoms with Gasteiger partial charge in [0.05, 0.1) is 12.8 Å². The minimum Gasteiger partial charge on any atom is -0.468 e. The van der Waals surface area contributed by atoms with Crippen LogP contribution in [0.4, 0.5) is 5.69 Å². The van der Waals surface area contributed by atoms with Gasteiger partial charge in [-0.25, -0.2) is 8.42 Å². The van der Waals surface area contributed by atoms with Crippen LogP contribution in [0.1, 0.15) is 41.6 Å². The third-order valence-corrected chi connectivity index (χ3v) is 7.70. The van der Waals surface area contributed by atoms with E-state index < -0.39 is 22.5 Å². The zero-order valence-corrected chi connectivity index (χ0v) is 20.1. The van der Waals surface area contributed by atoms with Gasteiger partial charge in [-0.1, -0.05) is 43.2 Å². The molecule has 0 heterocycles. The Labute approximate surface area is 195 Å². The van der Waals surface area contributed by atoms with Gasteiger partial charge in [0.25, 0.3) is 5.91 Å². The van der Waals surface area contributed by atoms with Gasteiger partial charge in [0.15, 0.2) is 0 Å². The van der Waals surface area contributed by atoms with E-state index in [1.165, 1.54) is 18.7 Å². The number of rotatable bonds is 9. The Morgan fingerprint density at radius 2 is 1.76 bits per heavy atom. The first-order valence-corrected chi connectivity index (χ1v) is 12.4. The van der Waals surface area contributed by atoms with Crippen molar-refractivity contribution in [1.82, 2.24) is 9.62 Å². The molecule has 1 amide bonds. The number of likely N-dealkylation sites (N-methyl/N-ethyl adjacent to an activating group) is 1. The maximum absolute atomic E-state index is 13.3. The van der Waals surface area contributed by atoms with Gasteiger partial charge in [0.2, 0.25) is 10.0 Å². The van der Waals surface area contributed by atoms with Gasteiger partial charge >= 0.3 is 5.97 Å². The lowest BCUT2D eigenvalue weighted by Gasteiger charge is -2.34. The second-order valence-electron chi connectivity index (χ2n) is 8.38. The van der Waals surface area contributed by atoms with Crippen molar-refractivity contribution in [1.29, 1.82) is 0 Å². The van der Waals surface area contributed by atoms with Gasteiger partial charge in [0, 0.05) is 31.6 Å². The summed E-state index contributed by atoms with van der Waals surface area (Å²) in [7, 11) is 0.467. The second kappa shape index (κ2) is 10.4. The molecule has 1 fully saturated rings. The van der Waals surface area contributed by atoms with Crippen LogP contribution >= 0.6 is 0 Å². The Morgan fingerprint density at radius 3 is 2.36 bits per heavy atom. The summed E-state index contributed by atoms with van der Waals surface area (Å²) in [6, 6.07) is 14.8. The van der Waals surface area contributed by atoms with E-state index in [-0.39, 0.29) is 21.8 Å². The average molecular weight is 474 g/mol. The Kier molecular flexibility index (Phi) is 7.76. The minimum absolute atomic E-state index is 0.104. The van der Waals surface area contributed by atoms with E-state index in [1.807, 2.05) is 18.2 Å². The van der Waals surface area contributed by atoms with Gasteiger partial charge in [-0.15, -0.1) is 0 Å². The Morgan fingerprint density at radius 1 is 1.09 bits per heavy atom. The number of amides is 1. The largest absolute Gasteiger partial charge is 0.468 e. The number of sulfonamides is 1. The predicted octanol–water partition coefficient (Wildman–Crippen LogP) is 2.76. The highest BCUT2D eigenvalue weighted by molar-refractivity contribution is 7.89. The average Bonchev–Trinajstić information content (AvgIpc) is 3.31. The van der Waals surface area contributed by atoms with E-state index in [4.69, 9.17) is 0 Å². The summed E-state index contributed by atoms with van der Waals surface area (Å²) in [6.07, 6.45) is 4.24.